The van der Waals surface area contributed by atoms with E-state index in [9.17, 15) is 14.4 Å². The molecule has 6 heteroatoms. The maximum Gasteiger partial charge on any atom is 0.261 e. The lowest BCUT2D eigenvalue weighted by Crippen LogP contribution is -2.33. The summed E-state index contributed by atoms with van der Waals surface area (Å²) in [5.74, 6) is 0.506. The van der Waals surface area contributed by atoms with Gasteiger partial charge in [0.15, 0.2) is 0 Å². The predicted octanol–water partition coefficient (Wildman–Crippen LogP) is 2.65. The number of nitrogens with zero attached hydrogens (tertiary/aromatic N) is 3. The fourth-order valence-corrected chi connectivity index (χ4v) is 5.47. The summed E-state index contributed by atoms with van der Waals surface area (Å²) in [6.07, 6.45) is 1.77. The number of rotatable bonds is 4. The van der Waals surface area contributed by atoms with Gasteiger partial charge in [0.1, 0.15) is 0 Å². The van der Waals surface area contributed by atoms with E-state index in [2.05, 4.69) is 29.2 Å². The number of hydrogen-bond donors (Lipinski definition) is 0. The van der Waals surface area contributed by atoms with Crippen molar-refractivity contribution in [3.8, 4) is 0 Å². The van der Waals surface area contributed by atoms with Crippen molar-refractivity contribution in [3.05, 3.63) is 70.8 Å². The Kier molecular flexibility index (Phi) is 4.25. The normalized spacial score (nSPS) is 25.3. The van der Waals surface area contributed by atoms with Gasteiger partial charge in [0.2, 0.25) is 0 Å². The topological polar surface area (TPSA) is 60.9 Å². The zero-order valence-corrected chi connectivity index (χ0v) is 17.4. The van der Waals surface area contributed by atoms with Gasteiger partial charge in [-0.2, -0.15) is 0 Å². The summed E-state index contributed by atoms with van der Waals surface area (Å²) in [7, 11) is 0. The minimum Gasteiger partial charge on any atom is -0.338 e. The Morgan fingerprint density at radius 1 is 0.839 bits per heavy atom. The molecule has 31 heavy (non-hydrogen) atoms. The molecule has 3 fully saturated rings. The third kappa shape index (κ3) is 3.17. The van der Waals surface area contributed by atoms with E-state index in [4.69, 9.17) is 0 Å². The molecule has 0 unspecified atom stereocenters. The van der Waals surface area contributed by atoms with Crippen molar-refractivity contribution in [2.45, 2.75) is 25.4 Å². The third-order valence-electron chi connectivity index (χ3n) is 7.18. The van der Waals surface area contributed by atoms with Gasteiger partial charge in [-0.25, -0.2) is 0 Å². The van der Waals surface area contributed by atoms with Crippen LogP contribution in [0.3, 0.4) is 0 Å². The first-order valence-electron chi connectivity index (χ1n) is 11.2. The molecule has 2 atom stereocenters. The third-order valence-corrected chi connectivity index (χ3v) is 7.18. The van der Waals surface area contributed by atoms with Crippen molar-refractivity contribution in [2.24, 2.45) is 11.8 Å². The van der Waals surface area contributed by atoms with Crippen molar-refractivity contribution in [1.29, 1.82) is 0 Å². The van der Waals surface area contributed by atoms with Crippen LogP contribution < -0.4 is 0 Å². The van der Waals surface area contributed by atoms with E-state index in [1.165, 1.54) is 10.5 Å². The lowest BCUT2D eigenvalue weighted by Gasteiger charge is -2.22. The molecule has 2 aromatic rings. The molecule has 1 saturated carbocycles. The predicted molar refractivity (Wildman–Crippen MR) is 115 cm³/mol. The fourth-order valence-electron chi connectivity index (χ4n) is 5.47. The number of amides is 3. The van der Waals surface area contributed by atoms with Crippen LogP contribution in [0, 0.1) is 11.8 Å². The maximum absolute atomic E-state index is 13.2. The zero-order valence-electron chi connectivity index (χ0n) is 17.4. The lowest BCUT2D eigenvalue weighted by molar-refractivity contribution is 0.0642. The van der Waals surface area contributed by atoms with Crippen LogP contribution in [0.1, 0.15) is 49.5 Å². The molecule has 0 spiro atoms. The van der Waals surface area contributed by atoms with Gasteiger partial charge in [0.05, 0.1) is 11.1 Å². The summed E-state index contributed by atoms with van der Waals surface area (Å²) < 4.78 is 0. The minimum atomic E-state index is -0.244. The smallest absolute Gasteiger partial charge is 0.261 e. The lowest BCUT2D eigenvalue weighted by atomic mass is 10.0. The SMILES string of the molecule is O=C(c1ccc2c(c1)C(=O)N(C1CC1)C2=O)N1C[C@H]2CN(Cc3ccccc3)C[C@H]2C1. The molecule has 0 radical (unpaired) electrons. The van der Waals surface area contributed by atoms with Gasteiger partial charge in [0.25, 0.3) is 17.7 Å². The molecule has 0 N–H and O–H groups in total. The summed E-state index contributed by atoms with van der Waals surface area (Å²) >= 11 is 0. The first kappa shape index (κ1) is 18.8. The van der Waals surface area contributed by atoms with Gasteiger partial charge in [-0.3, -0.25) is 24.2 Å². The second-order valence-corrected chi connectivity index (χ2v) is 9.38. The average Bonchev–Trinajstić information content (AvgIpc) is 3.35. The number of carbonyl (C=O) groups excluding carboxylic acids is 3. The summed E-state index contributed by atoms with van der Waals surface area (Å²) in [6, 6.07) is 15.6. The van der Waals surface area contributed by atoms with E-state index in [0.29, 0.717) is 28.5 Å². The van der Waals surface area contributed by atoms with E-state index < -0.39 is 0 Å². The second-order valence-electron chi connectivity index (χ2n) is 9.38. The Morgan fingerprint density at radius 3 is 2.19 bits per heavy atom. The number of benzene rings is 2. The molecule has 0 bridgehead atoms. The Hall–Kier alpha value is -2.99. The molecule has 3 amide bonds. The standard InChI is InChI=1S/C25H25N3O3/c29-23(17-6-9-21-22(10-17)25(31)28(24(21)30)20-7-8-20)27-14-18-12-26(13-19(18)15-27)11-16-4-2-1-3-5-16/h1-6,9-10,18-20H,7-8,11-15H2/t18-,19+. The maximum atomic E-state index is 13.2. The summed E-state index contributed by atoms with van der Waals surface area (Å²) in [5, 5.41) is 0. The monoisotopic (exact) mass is 415 g/mol. The van der Waals surface area contributed by atoms with Crippen LogP contribution in [0.25, 0.3) is 0 Å². The molecule has 1 aliphatic carbocycles. The molecule has 3 heterocycles. The van der Waals surface area contributed by atoms with Crippen LogP contribution in [0.4, 0.5) is 0 Å². The molecular formula is C25H25N3O3. The summed E-state index contributed by atoms with van der Waals surface area (Å²) in [5.41, 5.74) is 2.66. The summed E-state index contributed by atoms with van der Waals surface area (Å²) in [4.78, 5) is 44.2. The highest BCUT2D eigenvalue weighted by Crippen LogP contribution is 2.36. The van der Waals surface area contributed by atoms with E-state index >= 15 is 0 Å². The van der Waals surface area contributed by atoms with E-state index in [1.54, 1.807) is 18.2 Å². The first-order chi connectivity index (χ1) is 15.1. The van der Waals surface area contributed by atoms with Gasteiger partial charge >= 0.3 is 0 Å². The van der Waals surface area contributed by atoms with Gasteiger partial charge in [-0.15, -0.1) is 0 Å². The molecular weight excluding hydrogens is 390 g/mol. The second kappa shape index (κ2) is 7.02. The number of imide groups is 1. The largest absolute Gasteiger partial charge is 0.338 e. The highest BCUT2D eigenvalue weighted by Gasteiger charge is 2.45. The van der Waals surface area contributed by atoms with E-state index in [-0.39, 0.29) is 23.8 Å². The Labute approximate surface area is 181 Å². The number of carbonyl (C=O) groups is 3. The average molecular weight is 415 g/mol. The molecule has 4 aliphatic rings. The van der Waals surface area contributed by atoms with Gasteiger partial charge in [-0.1, -0.05) is 30.3 Å². The van der Waals surface area contributed by atoms with Gasteiger partial charge < -0.3 is 4.90 Å². The number of hydrogen-bond acceptors (Lipinski definition) is 4. The fraction of sp³-hybridized carbons (Fsp3) is 0.400. The van der Waals surface area contributed by atoms with Crippen molar-refractivity contribution in [1.82, 2.24) is 14.7 Å². The number of fused-ring (bicyclic) bond motifs is 2. The quantitative estimate of drug-likeness (QED) is 0.721. The highest BCUT2D eigenvalue weighted by atomic mass is 16.2. The zero-order chi connectivity index (χ0) is 21.1. The Morgan fingerprint density at radius 2 is 1.52 bits per heavy atom. The molecule has 2 saturated heterocycles. The molecule has 0 aromatic heterocycles. The Balaban J connectivity index is 1.13. The van der Waals surface area contributed by atoms with Crippen molar-refractivity contribution < 1.29 is 14.4 Å². The van der Waals surface area contributed by atoms with E-state index in [1.807, 2.05) is 11.0 Å². The van der Waals surface area contributed by atoms with Crippen molar-refractivity contribution >= 4 is 17.7 Å². The Bertz CT molecular complexity index is 1060. The van der Waals surface area contributed by atoms with Gasteiger partial charge in [0, 0.05) is 44.3 Å². The molecule has 6 nitrogen and oxygen atoms in total. The molecule has 158 valence electrons. The van der Waals surface area contributed by atoms with Crippen LogP contribution in [0.15, 0.2) is 48.5 Å². The van der Waals surface area contributed by atoms with E-state index in [0.717, 1.165) is 45.6 Å². The van der Waals surface area contributed by atoms with Crippen LogP contribution >= 0.6 is 0 Å². The molecule has 3 aliphatic heterocycles. The van der Waals surface area contributed by atoms with Crippen LogP contribution in [0.5, 0.6) is 0 Å². The molecule has 2 aromatic carbocycles. The first-order valence-corrected chi connectivity index (χ1v) is 11.2. The van der Waals surface area contributed by atoms with Crippen LogP contribution in [-0.4, -0.2) is 64.6 Å². The molecule has 6 rings (SSSR count). The van der Waals surface area contributed by atoms with Crippen LogP contribution in [0.2, 0.25) is 0 Å². The van der Waals surface area contributed by atoms with Crippen molar-refractivity contribution in [2.75, 3.05) is 26.2 Å². The van der Waals surface area contributed by atoms with Crippen molar-refractivity contribution in [3.63, 3.8) is 0 Å². The minimum absolute atomic E-state index is 0.0306. The number of likely N-dealkylation sites (tertiary alicyclic amines) is 2. The highest BCUT2D eigenvalue weighted by molar-refractivity contribution is 6.22. The van der Waals surface area contributed by atoms with Gasteiger partial charge in [-0.05, 0) is 48.4 Å². The van der Waals surface area contributed by atoms with Crippen LogP contribution in [-0.2, 0) is 6.54 Å². The summed E-state index contributed by atoms with van der Waals surface area (Å²) in [6.45, 7) is 4.49.